The summed E-state index contributed by atoms with van der Waals surface area (Å²) in [5, 5.41) is 4.49. The van der Waals surface area contributed by atoms with Gasteiger partial charge in [0, 0.05) is 30.4 Å². The summed E-state index contributed by atoms with van der Waals surface area (Å²) in [6.45, 7) is 2.40. The van der Waals surface area contributed by atoms with Gasteiger partial charge in [-0.3, -0.25) is 4.79 Å². The molecule has 0 radical (unpaired) electrons. The number of hydrogen-bond acceptors (Lipinski definition) is 3. The molecule has 126 valence electrons. The maximum absolute atomic E-state index is 14.1. The molecule has 0 N–H and O–H groups in total. The van der Waals surface area contributed by atoms with Crippen LogP contribution >= 0.6 is 0 Å². The Morgan fingerprint density at radius 1 is 1.38 bits per heavy atom. The topological polar surface area (TPSA) is 44.1 Å². The smallest absolute Gasteiger partial charge is 0.197 e. The molecule has 1 aromatic carbocycles. The molecule has 2 aliphatic rings. The van der Waals surface area contributed by atoms with Crippen molar-refractivity contribution in [3.8, 4) is 0 Å². The second-order valence-electron chi connectivity index (χ2n) is 6.34. The van der Waals surface area contributed by atoms with Gasteiger partial charge in [-0.25, -0.2) is 13.5 Å². The first kappa shape index (κ1) is 15.4. The van der Waals surface area contributed by atoms with Gasteiger partial charge in [0.25, 0.3) is 0 Å². The van der Waals surface area contributed by atoms with Gasteiger partial charge in [0.1, 0.15) is 6.23 Å². The fourth-order valence-electron chi connectivity index (χ4n) is 3.63. The number of rotatable bonds is 2. The standard InChI is InChI=1S/C18H18F2N2O2/c1-2-11-16-10(7-13(19)17(11)20)8-14-12(18(16)23)9-22(21-14)15-5-3-4-6-24-15/h7,9,15H,2-6,8H2,1H3. The number of benzene rings is 1. The van der Waals surface area contributed by atoms with Crippen LogP contribution in [-0.4, -0.2) is 22.2 Å². The number of fused-ring (bicyclic) bond motifs is 2. The highest BCUT2D eigenvalue weighted by atomic mass is 19.2. The molecule has 1 aliphatic heterocycles. The summed E-state index contributed by atoms with van der Waals surface area (Å²) in [5.41, 5.74) is 2.04. The first-order valence-electron chi connectivity index (χ1n) is 8.34. The zero-order valence-electron chi connectivity index (χ0n) is 13.4. The molecular weight excluding hydrogens is 314 g/mol. The lowest BCUT2D eigenvalue weighted by atomic mass is 9.85. The molecule has 6 heteroatoms. The van der Waals surface area contributed by atoms with Gasteiger partial charge in [-0.15, -0.1) is 0 Å². The maximum Gasteiger partial charge on any atom is 0.197 e. The van der Waals surface area contributed by atoms with E-state index in [1.54, 1.807) is 17.8 Å². The van der Waals surface area contributed by atoms with Crippen LogP contribution in [0.25, 0.3) is 0 Å². The molecule has 1 atom stereocenters. The van der Waals surface area contributed by atoms with Gasteiger partial charge in [-0.2, -0.15) is 5.10 Å². The zero-order chi connectivity index (χ0) is 16.8. The van der Waals surface area contributed by atoms with Crippen molar-refractivity contribution in [2.75, 3.05) is 6.61 Å². The second-order valence-corrected chi connectivity index (χ2v) is 6.34. The van der Waals surface area contributed by atoms with Crippen molar-refractivity contribution in [1.29, 1.82) is 0 Å². The minimum atomic E-state index is -0.920. The monoisotopic (exact) mass is 332 g/mol. The zero-order valence-corrected chi connectivity index (χ0v) is 13.4. The molecule has 2 heterocycles. The third-order valence-corrected chi connectivity index (χ3v) is 4.84. The first-order chi connectivity index (χ1) is 11.6. The van der Waals surface area contributed by atoms with E-state index in [1.165, 1.54) is 0 Å². The van der Waals surface area contributed by atoms with E-state index in [-0.39, 0.29) is 24.0 Å². The maximum atomic E-state index is 14.1. The number of carbonyl (C=O) groups excluding carboxylic acids is 1. The summed E-state index contributed by atoms with van der Waals surface area (Å²) in [6, 6.07) is 1.13. The molecule has 0 spiro atoms. The molecule has 1 unspecified atom stereocenters. The lowest BCUT2D eigenvalue weighted by Crippen LogP contribution is -2.18. The molecule has 1 fully saturated rings. The Bertz CT molecular complexity index is 823. The van der Waals surface area contributed by atoms with Crippen LogP contribution in [0, 0.1) is 11.6 Å². The van der Waals surface area contributed by atoms with Crippen molar-refractivity contribution in [3.63, 3.8) is 0 Å². The van der Waals surface area contributed by atoms with Crippen molar-refractivity contribution in [1.82, 2.24) is 9.78 Å². The summed E-state index contributed by atoms with van der Waals surface area (Å²) < 4.78 is 35.3. The van der Waals surface area contributed by atoms with Gasteiger partial charge in [-0.1, -0.05) is 6.92 Å². The van der Waals surface area contributed by atoms with E-state index >= 15 is 0 Å². The Morgan fingerprint density at radius 3 is 2.92 bits per heavy atom. The molecule has 4 rings (SSSR count). The van der Waals surface area contributed by atoms with Crippen LogP contribution in [-0.2, 0) is 17.6 Å². The highest BCUT2D eigenvalue weighted by Crippen LogP contribution is 2.33. The Labute approximate surface area is 138 Å². The Balaban J connectivity index is 1.78. The first-order valence-corrected chi connectivity index (χ1v) is 8.34. The van der Waals surface area contributed by atoms with Crippen LogP contribution < -0.4 is 0 Å². The van der Waals surface area contributed by atoms with Gasteiger partial charge in [0.15, 0.2) is 17.4 Å². The summed E-state index contributed by atoms with van der Waals surface area (Å²) in [6.07, 6.45) is 5.06. The number of halogens is 2. The predicted molar refractivity (Wildman–Crippen MR) is 83.0 cm³/mol. The fraction of sp³-hybridized carbons (Fsp3) is 0.444. The van der Waals surface area contributed by atoms with E-state index in [9.17, 15) is 13.6 Å². The number of carbonyl (C=O) groups is 1. The predicted octanol–water partition coefficient (Wildman–Crippen LogP) is 3.56. The molecule has 1 saturated heterocycles. The van der Waals surface area contributed by atoms with Crippen molar-refractivity contribution in [2.45, 2.75) is 45.3 Å². The summed E-state index contributed by atoms with van der Waals surface area (Å²) in [7, 11) is 0. The van der Waals surface area contributed by atoms with E-state index in [2.05, 4.69) is 5.10 Å². The van der Waals surface area contributed by atoms with Gasteiger partial charge < -0.3 is 4.74 Å². The van der Waals surface area contributed by atoms with E-state index in [0.29, 0.717) is 35.4 Å². The Kier molecular flexibility index (Phi) is 3.72. The average molecular weight is 332 g/mol. The molecule has 1 aliphatic carbocycles. The second kappa shape index (κ2) is 5.77. The van der Waals surface area contributed by atoms with E-state index in [4.69, 9.17) is 4.74 Å². The van der Waals surface area contributed by atoms with E-state index in [0.717, 1.165) is 25.3 Å². The van der Waals surface area contributed by atoms with Crippen LogP contribution in [0.15, 0.2) is 12.3 Å². The minimum absolute atomic E-state index is 0.155. The van der Waals surface area contributed by atoms with Crippen molar-refractivity contribution < 1.29 is 18.3 Å². The third-order valence-electron chi connectivity index (χ3n) is 4.84. The Morgan fingerprint density at radius 2 is 2.21 bits per heavy atom. The molecule has 1 aromatic heterocycles. The summed E-state index contributed by atoms with van der Waals surface area (Å²) in [4.78, 5) is 12.9. The number of aromatic nitrogens is 2. The summed E-state index contributed by atoms with van der Waals surface area (Å²) >= 11 is 0. The van der Waals surface area contributed by atoms with Crippen molar-refractivity contribution in [3.05, 3.63) is 51.8 Å². The van der Waals surface area contributed by atoms with Crippen LogP contribution in [0.4, 0.5) is 8.78 Å². The van der Waals surface area contributed by atoms with Crippen LogP contribution in [0.1, 0.15) is 65.2 Å². The number of hydrogen-bond donors (Lipinski definition) is 0. The fourth-order valence-corrected chi connectivity index (χ4v) is 3.63. The van der Waals surface area contributed by atoms with Gasteiger partial charge in [0.05, 0.1) is 11.3 Å². The number of ketones is 1. The summed E-state index contributed by atoms with van der Waals surface area (Å²) in [5.74, 6) is -2.10. The lowest BCUT2D eigenvalue weighted by Gasteiger charge is -2.22. The van der Waals surface area contributed by atoms with Crippen molar-refractivity contribution >= 4 is 5.78 Å². The van der Waals surface area contributed by atoms with Crippen LogP contribution in [0.3, 0.4) is 0 Å². The van der Waals surface area contributed by atoms with Gasteiger partial charge >= 0.3 is 0 Å². The quantitative estimate of drug-likeness (QED) is 0.721. The van der Waals surface area contributed by atoms with E-state index in [1.807, 2.05) is 0 Å². The highest BCUT2D eigenvalue weighted by molar-refractivity contribution is 6.12. The molecule has 0 bridgehead atoms. The number of nitrogens with zero attached hydrogens (tertiary/aromatic N) is 2. The third kappa shape index (κ3) is 2.28. The van der Waals surface area contributed by atoms with Gasteiger partial charge in [-0.05, 0) is 37.3 Å². The van der Waals surface area contributed by atoms with E-state index < -0.39 is 11.6 Å². The normalized spacial score (nSPS) is 20.0. The average Bonchev–Trinajstić information content (AvgIpc) is 3.02. The molecule has 4 nitrogen and oxygen atoms in total. The Hall–Kier alpha value is -2.08. The van der Waals surface area contributed by atoms with Crippen molar-refractivity contribution in [2.24, 2.45) is 0 Å². The molecular formula is C18H18F2N2O2. The number of ether oxygens (including phenoxy) is 1. The molecule has 0 saturated carbocycles. The van der Waals surface area contributed by atoms with Gasteiger partial charge in [0.2, 0.25) is 0 Å². The highest BCUT2D eigenvalue weighted by Gasteiger charge is 2.32. The van der Waals surface area contributed by atoms with Crippen LogP contribution in [0.5, 0.6) is 0 Å². The lowest BCUT2D eigenvalue weighted by molar-refractivity contribution is -0.0396. The largest absolute Gasteiger partial charge is 0.357 e. The molecule has 2 aromatic rings. The SMILES string of the molecule is CCc1c(F)c(F)cc2c1C(=O)c1cn(C3CCCCO3)nc1C2. The van der Waals surface area contributed by atoms with Crippen LogP contribution in [0.2, 0.25) is 0 Å². The molecule has 24 heavy (non-hydrogen) atoms. The minimum Gasteiger partial charge on any atom is -0.357 e. The molecule has 0 amide bonds.